The Bertz CT molecular complexity index is 482. The molecule has 2 aromatic rings. The fourth-order valence-electron chi connectivity index (χ4n) is 1.62. The summed E-state index contributed by atoms with van der Waals surface area (Å²) in [5, 5.41) is 7.16. The Morgan fingerprint density at radius 3 is 2.83 bits per heavy atom. The van der Waals surface area contributed by atoms with Crippen LogP contribution < -0.4 is 5.32 Å². The molecule has 0 saturated heterocycles. The normalized spacial score (nSPS) is 10.8. The maximum absolute atomic E-state index is 5.32. The van der Waals surface area contributed by atoms with Crippen molar-refractivity contribution in [2.45, 2.75) is 6.54 Å². The molecule has 2 rings (SSSR count). The lowest BCUT2D eigenvalue weighted by molar-refractivity contribution is 0.199. The van der Waals surface area contributed by atoms with E-state index in [1.54, 1.807) is 13.3 Å². The number of hydrogen-bond acceptors (Lipinski definition) is 4. The fourth-order valence-corrected chi connectivity index (χ4v) is 1.98. The number of aromatic nitrogens is 1. The quantitative estimate of drug-likeness (QED) is 0.637. The van der Waals surface area contributed by atoms with Crippen LogP contribution in [0.3, 0.4) is 0 Å². The van der Waals surface area contributed by atoms with E-state index in [0.29, 0.717) is 6.61 Å². The van der Waals surface area contributed by atoms with Crippen molar-refractivity contribution in [2.24, 2.45) is 0 Å². The zero-order valence-corrected chi connectivity index (χ0v) is 12.3. The van der Waals surface area contributed by atoms with Crippen molar-refractivity contribution in [3.05, 3.63) is 39.6 Å². The molecule has 0 radical (unpaired) electrons. The Morgan fingerprint density at radius 2 is 2.11 bits per heavy atom. The third-order valence-corrected chi connectivity index (χ3v) is 3.27. The number of halogens is 1. The Morgan fingerprint density at radius 1 is 1.33 bits per heavy atom. The summed E-state index contributed by atoms with van der Waals surface area (Å²) in [6, 6.07) is 8.20. The molecule has 1 N–H and O–H groups in total. The van der Waals surface area contributed by atoms with Crippen molar-refractivity contribution in [1.82, 2.24) is 10.5 Å². The highest BCUT2D eigenvalue weighted by Gasteiger charge is 2.09. The van der Waals surface area contributed by atoms with Crippen molar-refractivity contribution in [3.8, 4) is 11.3 Å². The van der Waals surface area contributed by atoms with Gasteiger partial charge in [0.2, 0.25) is 0 Å². The Hall–Kier alpha value is -0.920. The van der Waals surface area contributed by atoms with E-state index in [1.165, 1.54) is 3.57 Å². The Labute approximate surface area is 120 Å². The lowest BCUT2D eigenvalue weighted by atomic mass is 10.1. The second-order valence-electron chi connectivity index (χ2n) is 3.86. The number of methoxy groups -OCH3 is 1. The van der Waals surface area contributed by atoms with Gasteiger partial charge < -0.3 is 14.6 Å². The van der Waals surface area contributed by atoms with Crippen LogP contribution >= 0.6 is 22.6 Å². The highest BCUT2D eigenvalue weighted by molar-refractivity contribution is 14.1. The van der Waals surface area contributed by atoms with Crippen molar-refractivity contribution in [1.29, 1.82) is 0 Å². The standard InChI is InChI=1S/C13H15IN2O2/c1-17-7-6-15-8-11-9-16-18-13(11)10-2-4-12(14)5-3-10/h2-5,9,15H,6-8H2,1H3. The van der Waals surface area contributed by atoms with Gasteiger partial charge in [-0.3, -0.25) is 0 Å². The molecule has 0 unspecified atom stereocenters. The molecule has 0 aliphatic heterocycles. The minimum Gasteiger partial charge on any atom is -0.383 e. The van der Waals surface area contributed by atoms with Gasteiger partial charge in [-0.15, -0.1) is 0 Å². The zero-order chi connectivity index (χ0) is 12.8. The van der Waals surface area contributed by atoms with E-state index in [-0.39, 0.29) is 0 Å². The number of nitrogens with zero attached hydrogens (tertiary/aromatic N) is 1. The molecular formula is C13H15IN2O2. The zero-order valence-electron chi connectivity index (χ0n) is 10.1. The van der Waals surface area contributed by atoms with Gasteiger partial charge in [0.25, 0.3) is 0 Å². The van der Waals surface area contributed by atoms with Crippen molar-refractivity contribution in [2.75, 3.05) is 20.3 Å². The molecule has 0 aliphatic carbocycles. The summed E-state index contributed by atoms with van der Waals surface area (Å²) >= 11 is 2.28. The molecule has 1 aromatic heterocycles. The predicted molar refractivity (Wildman–Crippen MR) is 78.2 cm³/mol. The SMILES string of the molecule is COCCNCc1cnoc1-c1ccc(I)cc1. The minimum absolute atomic E-state index is 0.699. The average Bonchev–Trinajstić information content (AvgIpc) is 2.84. The molecule has 0 saturated carbocycles. The monoisotopic (exact) mass is 358 g/mol. The van der Waals surface area contributed by atoms with Gasteiger partial charge in [-0.1, -0.05) is 17.3 Å². The Balaban J connectivity index is 2.05. The second-order valence-corrected chi connectivity index (χ2v) is 5.10. The van der Waals surface area contributed by atoms with Gasteiger partial charge in [-0.25, -0.2) is 0 Å². The highest BCUT2D eigenvalue weighted by atomic mass is 127. The molecule has 5 heteroatoms. The minimum atomic E-state index is 0.699. The van der Waals surface area contributed by atoms with Crippen LogP contribution in [0, 0.1) is 3.57 Å². The number of ether oxygens (including phenoxy) is 1. The van der Waals surface area contributed by atoms with Gasteiger partial charge in [0.15, 0.2) is 5.76 Å². The largest absolute Gasteiger partial charge is 0.383 e. The second kappa shape index (κ2) is 6.86. The summed E-state index contributed by atoms with van der Waals surface area (Å²) in [4.78, 5) is 0. The third-order valence-electron chi connectivity index (χ3n) is 2.55. The summed E-state index contributed by atoms with van der Waals surface area (Å²) in [5.41, 5.74) is 2.11. The van der Waals surface area contributed by atoms with Crippen LogP contribution in [0.25, 0.3) is 11.3 Å². The van der Waals surface area contributed by atoms with Gasteiger partial charge in [0.1, 0.15) is 0 Å². The van der Waals surface area contributed by atoms with E-state index in [9.17, 15) is 0 Å². The molecule has 0 atom stereocenters. The molecule has 1 heterocycles. The predicted octanol–water partition coefficient (Wildman–Crippen LogP) is 2.68. The lowest BCUT2D eigenvalue weighted by Crippen LogP contribution is -2.18. The number of hydrogen-bond donors (Lipinski definition) is 1. The maximum atomic E-state index is 5.32. The first-order valence-corrected chi connectivity index (χ1v) is 6.78. The molecule has 1 aromatic carbocycles. The first-order valence-electron chi connectivity index (χ1n) is 5.70. The topological polar surface area (TPSA) is 47.3 Å². The summed E-state index contributed by atoms with van der Waals surface area (Å²) in [6.07, 6.45) is 1.76. The van der Waals surface area contributed by atoms with Crippen LogP contribution in [-0.4, -0.2) is 25.4 Å². The summed E-state index contributed by atoms with van der Waals surface area (Å²) < 4.78 is 11.5. The molecule has 4 nitrogen and oxygen atoms in total. The lowest BCUT2D eigenvalue weighted by Gasteiger charge is -2.04. The number of nitrogens with one attached hydrogen (secondary N) is 1. The molecule has 0 spiro atoms. The van der Waals surface area contributed by atoms with E-state index >= 15 is 0 Å². The van der Waals surface area contributed by atoms with Crippen molar-refractivity contribution >= 4 is 22.6 Å². The van der Waals surface area contributed by atoms with Crippen LogP contribution in [0.4, 0.5) is 0 Å². The smallest absolute Gasteiger partial charge is 0.171 e. The van der Waals surface area contributed by atoms with E-state index in [2.05, 4.69) is 45.2 Å². The summed E-state index contributed by atoms with van der Waals surface area (Å²) in [7, 11) is 1.69. The van der Waals surface area contributed by atoms with Crippen LogP contribution in [-0.2, 0) is 11.3 Å². The first kappa shape index (κ1) is 13.5. The van der Waals surface area contributed by atoms with Gasteiger partial charge in [0.05, 0.1) is 12.8 Å². The first-order chi connectivity index (χ1) is 8.81. The number of benzene rings is 1. The van der Waals surface area contributed by atoms with E-state index in [0.717, 1.165) is 30.0 Å². The van der Waals surface area contributed by atoms with E-state index in [4.69, 9.17) is 9.26 Å². The third kappa shape index (κ3) is 3.54. The van der Waals surface area contributed by atoms with Crippen molar-refractivity contribution < 1.29 is 9.26 Å². The van der Waals surface area contributed by atoms with E-state index in [1.807, 2.05) is 12.1 Å². The van der Waals surface area contributed by atoms with Gasteiger partial charge in [-0.05, 0) is 34.7 Å². The fraction of sp³-hybridized carbons (Fsp3) is 0.308. The summed E-state index contributed by atoms with van der Waals surface area (Å²) in [5.74, 6) is 0.830. The van der Waals surface area contributed by atoms with Crippen LogP contribution in [0.15, 0.2) is 35.0 Å². The molecular weight excluding hydrogens is 343 g/mol. The van der Waals surface area contributed by atoms with Gasteiger partial charge in [0, 0.05) is 34.9 Å². The molecule has 0 amide bonds. The molecule has 0 bridgehead atoms. The number of rotatable bonds is 6. The highest BCUT2D eigenvalue weighted by Crippen LogP contribution is 2.24. The Kier molecular flexibility index (Phi) is 5.15. The molecule has 96 valence electrons. The maximum Gasteiger partial charge on any atom is 0.171 e. The van der Waals surface area contributed by atoms with Gasteiger partial charge in [-0.2, -0.15) is 0 Å². The van der Waals surface area contributed by atoms with Crippen LogP contribution in [0.1, 0.15) is 5.56 Å². The molecule has 18 heavy (non-hydrogen) atoms. The van der Waals surface area contributed by atoms with Crippen LogP contribution in [0.5, 0.6) is 0 Å². The summed E-state index contributed by atoms with van der Waals surface area (Å²) in [6.45, 7) is 2.24. The average molecular weight is 358 g/mol. The van der Waals surface area contributed by atoms with Gasteiger partial charge >= 0.3 is 0 Å². The van der Waals surface area contributed by atoms with Crippen LogP contribution in [0.2, 0.25) is 0 Å². The molecule has 0 aliphatic rings. The van der Waals surface area contributed by atoms with Crippen molar-refractivity contribution in [3.63, 3.8) is 0 Å². The van der Waals surface area contributed by atoms with E-state index < -0.39 is 0 Å². The molecule has 0 fully saturated rings.